The minimum atomic E-state index is -0.792. The molecule has 1 atom stereocenters. The van der Waals surface area contributed by atoms with Crippen LogP contribution in [0.3, 0.4) is 0 Å². The van der Waals surface area contributed by atoms with Gasteiger partial charge in [0.15, 0.2) is 6.10 Å². The van der Waals surface area contributed by atoms with Gasteiger partial charge in [-0.05, 0) is 116 Å². The smallest absolute Gasteiger partial charge is 0.306 e. The van der Waals surface area contributed by atoms with Gasteiger partial charge in [-0.3, -0.25) is 14.4 Å². The van der Waals surface area contributed by atoms with Gasteiger partial charge in [-0.2, -0.15) is 0 Å². The molecule has 0 aromatic carbocycles. The van der Waals surface area contributed by atoms with E-state index in [-0.39, 0.29) is 31.1 Å². The Hall–Kier alpha value is -3.67. The summed E-state index contributed by atoms with van der Waals surface area (Å²) in [6.45, 7) is 6.44. The van der Waals surface area contributed by atoms with Crippen LogP contribution < -0.4 is 0 Å². The van der Waals surface area contributed by atoms with E-state index in [0.29, 0.717) is 19.3 Å². The average molecular weight is 974 g/mol. The molecule has 0 radical (unpaired) electrons. The zero-order chi connectivity index (χ0) is 50.7. The number of hydrogen-bond donors (Lipinski definition) is 0. The SMILES string of the molecule is CC/C=C\C/C=C\C/C=C\C/C=C\CCCCCCCCCCC(=O)OCC(COC(=O)CCCCCCC/C=C\CCC)OC(=O)CCCCCCCC/C=C\C/C=C\C/C=C\CCCCCCC. The maximum absolute atomic E-state index is 12.9. The Balaban J connectivity index is 4.35. The molecular formula is C64H108O6. The Morgan fingerprint density at radius 2 is 0.586 bits per heavy atom. The third-order valence-corrected chi connectivity index (χ3v) is 12.3. The summed E-state index contributed by atoms with van der Waals surface area (Å²) in [7, 11) is 0. The highest BCUT2D eigenvalue weighted by atomic mass is 16.6. The molecule has 0 aromatic heterocycles. The summed E-state index contributed by atoms with van der Waals surface area (Å²) in [5.41, 5.74) is 0. The standard InChI is InChI=1S/C64H108O6/c1-4-7-10-13-16-19-22-24-26-28-30-32-34-36-38-40-42-45-48-51-54-57-63(66)69-60-61(59-68-62(65)56-53-50-47-44-21-18-15-12-9-6-3)70-64(67)58-55-52-49-46-43-41-39-37-35-33-31-29-27-25-23-20-17-14-11-8-5-2/h7,10,12,15-16,19,23-26,29-32,35,37,61H,4-6,8-9,11,13-14,17-18,20-22,27-28,33-34,36,38-60H2,1-3H3/b10-7-,15-12-,19-16-,25-23-,26-24-,31-29-,32-30-,37-35-. The van der Waals surface area contributed by atoms with Crippen LogP contribution in [-0.4, -0.2) is 37.2 Å². The van der Waals surface area contributed by atoms with Gasteiger partial charge >= 0.3 is 17.9 Å². The molecular weight excluding hydrogens is 865 g/mol. The predicted octanol–water partition coefficient (Wildman–Crippen LogP) is 19.7. The van der Waals surface area contributed by atoms with Crippen molar-refractivity contribution in [1.82, 2.24) is 0 Å². The van der Waals surface area contributed by atoms with Gasteiger partial charge in [0.1, 0.15) is 13.2 Å². The number of allylic oxidation sites excluding steroid dienone is 16. The summed E-state index contributed by atoms with van der Waals surface area (Å²) in [4.78, 5) is 38.1. The Morgan fingerprint density at radius 1 is 0.300 bits per heavy atom. The Labute approximate surface area is 432 Å². The van der Waals surface area contributed by atoms with Crippen molar-refractivity contribution in [2.24, 2.45) is 0 Å². The Kier molecular flexibility index (Phi) is 54.9. The van der Waals surface area contributed by atoms with E-state index in [2.05, 4.69) is 118 Å². The van der Waals surface area contributed by atoms with Crippen molar-refractivity contribution in [1.29, 1.82) is 0 Å². The highest BCUT2D eigenvalue weighted by Crippen LogP contribution is 2.15. The first-order valence-electron chi connectivity index (χ1n) is 29.2. The van der Waals surface area contributed by atoms with Crippen molar-refractivity contribution in [2.75, 3.05) is 13.2 Å². The second-order valence-corrected chi connectivity index (χ2v) is 19.2. The lowest BCUT2D eigenvalue weighted by Gasteiger charge is -2.18. The molecule has 1 unspecified atom stereocenters. The van der Waals surface area contributed by atoms with Crippen molar-refractivity contribution in [2.45, 2.75) is 277 Å². The van der Waals surface area contributed by atoms with Crippen molar-refractivity contribution in [3.05, 3.63) is 97.2 Å². The molecule has 0 aromatic rings. The minimum Gasteiger partial charge on any atom is -0.462 e. The summed E-state index contributed by atoms with van der Waals surface area (Å²) >= 11 is 0. The quantitative estimate of drug-likeness (QED) is 0.0262. The fraction of sp³-hybridized carbons (Fsp3) is 0.703. The van der Waals surface area contributed by atoms with Crippen LogP contribution in [0.15, 0.2) is 97.2 Å². The first kappa shape index (κ1) is 66.3. The number of carbonyl (C=O) groups is 3. The van der Waals surface area contributed by atoms with Gasteiger partial charge in [0, 0.05) is 19.3 Å². The molecule has 6 nitrogen and oxygen atoms in total. The molecule has 6 heteroatoms. The van der Waals surface area contributed by atoms with Crippen molar-refractivity contribution in [3.63, 3.8) is 0 Å². The Morgan fingerprint density at radius 3 is 0.943 bits per heavy atom. The number of unbranched alkanes of at least 4 members (excludes halogenated alkanes) is 25. The topological polar surface area (TPSA) is 78.9 Å². The van der Waals surface area contributed by atoms with E-state index in [1.807, 2.05) is 0 Å². The highest BCUT2D eigenvalue weighted by molar-refractivity contribution is 5.71. The molecule has 70 heavy (non-hydrogen) atoms. The van der Waals surface area contributed by atoms with Crippen LogP contribution in [0.2, 0.25) is 0 Å². The van der Waals surface area contributed by atoms with E-state index in [1.54, 1.807) is 0 Å². The normalized spacial score (nSPS) is 12.8. The van der Waals surface area contributed by atoms with Gasteiger partial charge in [0.25, 0.3) is 0 Å². The van der Waals surface area contributed by atoms with Crippen LogP contribution in [0.5, 0.6) is 0 Å². The number of hydrogen-bond acceptors (Lipinski definition) is 6. The molecule has 0 bridgehead atoms. The number of rotatable bonds is 52. The summed E-state index contributed by atoms with van der Waals surface area (Å²) in [5.74, 6) is -0.919. The van der Waals surface area contributed by atoms with Crippen LogP contribution in [-0.2, 0) is 28.6 Å². The van der Waals surface area contributed by atoms with Gasteiger partial charge in [-0.25, -0.2) is 0 Å². The monoisotopic (exact) mass is 973 g/mol. The molecule has 0 fully saturated rings. The van der Waals surface area contributed by atoms with Gasteiger partial charge in [0.2, 0.25) is 0 Å². The fourth-order valence-corrected chi connectivity index (χ4v) is 7.91. The maximum atomic E-state index is 12.9. The number of esters is 3. The molecule has 0 aliphatic carbocycles. The largest absolute Gasteiger partial charge is 0.462 e. The van der Waals surface area contributed by atoms with Gasteiger partial charge in [0.05, 0.1) is 0 Å². The van der Waals surface area contributed by atoms with Crippen LogP contribution in [0, 0.1) is 0 Å². The van der Waals surface area contributed by atoms with Gasteiger partial charge < -0.3 is 14.2 Å². The van der Waals surface area contributed by atoms with E-state index in [0.717, 1.165) is 135 Å². The number of ether oxygens (including phenoxy) is 3. The van der Waals surface area contributed by atoms with Gasteiger partial charge in [-0.15, -0.1) is 0 Å². The highest BCUT2D eigenvalue weighted by Gasteiger charge is 2.19. The van der Waals surface area contributed by atoms with E-state index in [9.17, 15) is 14.4 Å². The second-order valence-electron chi connectivity index (χ2n) is 19.2. The summed E-state index contributed by atoms with van der Waals surface area (Å²) < 4.78 is 16.8. The van der Waals surface area contributed by atoms with Crippen molar-refractivity contribution in [3.8, 4) is 0 Å². The molecule has 0 rings (SSSR count). The van der Waals surface area contributed by atoms with Crippen LogP contribution in [0.4, 0.5) is 0 Å². The molecule has 0 aliphatic rings. The molecule has 0 saturated carbocycles. The van der Waals surface area contributed by atoms with Crippen LogP contribution >= 0.6 is 0 Å². The first-order chi connectivity index (χ1) is 34.5. The summed E-state index contributed by atoms with van der Waals surface area (Å²) in [5, 5.41) is 0. The minimum absolute atomic E-state index is 0.0904. The lowest BCUT2D eigenvalue weighted by atomic mass is 10.1. The first-order valence-corrected chi connectivity index (χ1v) is 29.2. The van der Waals surface area contributed by atoms with Crippen molar-refractivity contribution >= 4 is 17.9 Å². The van der Waals surface area contributed by atoms with E-state index in [1.165, 1.54) is 96.3 Å². The zero-order valence-electron chi connectivity index (χ0n) is 45.8. The third-order valence-electron chi connectivity index (χ3n) is 12.3. The average Bonchev–Trinajstić information content (AvgIpc) is 3.36. The van der Waals surface area contributed by atoms with Crippen molar-refractivity contribution < 1.29 is 28.6 Å². The molecule has 0 saturated heterocycles. The molecule has 0 aliphatic heterocycles. The van der Waals surface area contributed by atoms with Gasteiger partial charge in [-0.1, -0.05) is 234 Å². The molecule has 0 N–H and O–H groups in total. The summed E-state index contributed by atoms with van der Waals surface area (Å²) in [6, 6.07) is 0. The molecule has 0 heterocycles. The van der Waals surface area contributed by atoms with Crippen LogP contribution in [0.25, 0.3) is 0 Å². The Bertz CT molecular complexity index is 1400. The van der Waals surface area contributed by atoms with Crippen LogP contribution in [0.1, 0.15) is 271 Å². The lowest BCUT2D eigenvalue weighted by Crippen LogP contribution is -2.30. The maximum Gasteiger partial charge on any atom is 0.306 e. The third kappa shape index (κ3) is 55.3. The summed E-state index contributed by atoms with van der Waals surface area (Å²) in [6.07, 6.45) is 76.9. The van der Waals surface area contributed by atoms with E-state index >= 15 is 0 Å². The second kappa shape index (κ2) is 57.9. The molecule has 0 amide bonds. The fourth-order valence-electron chi connectivity index (χ4n) is 7.91. The zero-order valence-corrected chi connectivity index (χ0v) is 45.8. The molecule has 400 valence electrons. The lowest BCUT2D eigenvalue weighted by molar-refractivity contribution is -0.167. The molecule has 0 spiro atoms. The van der Waals surface area contributed by atoms with E-state index in [4.69, 9.17) is 14.2 Å². The van der Waals surface area contributed by atoms with E-state index < -0.39 is 6.10 Å². The predicted molar refractivity (Wildman–Crippen MR) is 302 cm³/mol. The number of carbonyl (C=O) groups excluding carboxylic acids is 3.